The minimum atomic E-state index is -0.151. The molecule has 0 aliphatic rings. The molecule has 0 atom stereocenters. The van der Waals surface area contributed by atoms with Crippen LogP contribution in [0.2, 0.25) is 6.04 Å². The molecule has 0 rings (SSSR count). The van der Waals surface area contributed by atoms with Crippen LogP contribution in [0.5, 0.6) is 0 Å². The van der Waals surface area contributed by atoms with Gasteiger partial charge in [-0.3, -0.25) is 0 Å². The third-order valence-corrected chi connectivity index (χ3v) is 2.23. The summed E-state index contributed by atoms with van der Waals surface area (Å²) in [6.07, 6.45) is 1.05. The standard InChI is InChI=1S/C5H13OSi/c1-3-5-7-6-4-2/h1,3-5,7H2,2H3. The molecule has 0 unspecified atom stereocenters. The Balaban J connectivity index is 2.45. The summed E-state index contributed by atoms with van der Waals surface area (Å²) in [6, 6.07) is 1.23. The minimum absolute atomic E-state index is 0.151. The number of hydrogen-bond donors (Lipinski definition) is 0. The van der Waals surface area contributed by atoms with E-state index in [2.05, 4.69) is 6.92 Å². The summed E-state index contributed by atoms with van der Waals surface area (Å²) >= 11 is 0. The van der Waals surface area contributed by atoms with Crippen LogP contribution in [0, 0.1) is 6.92 Å². The second-order valence-electron chi connectivity index (χ2n) is 1.40. The van der Waals surface area contributed by atoms with E-state index >= 15 is 0 Å². The monoisotopic (exact) mass is 117 g/mol. The molecular formula is C5H13OSi. The molecule has 0 aliphatic carbocycles. The molecule has 0 aliphatic heterocycles. The van der Waals surface area contributed by atoms with Gasteiger partial charge < -0.3 is 4.43 Å². The molecule has 1 nitrogen and oxygen atoms in total. The van der Waals surface area contributed by atoms with Crippen LogP contribution in [-0.4, -0.2) is 16.4 Å². The molecule has 0 bridgehead atoms. The van der Waals surface area contributed by atoms with E-state index in [1.807, 2.05) is 6.92 Å². The Hall–Kier alpha value is 0.177. The maximum atomic E-state index is 5.17. The number of rotatable bonds is 4. The van der Waals surface area contributed by atoms with Crippen molar-refractivity contribution >= 4 is 9.76 Å². The van der Waals surface area contributed by atoms with Gasteiger partial charge in [0, 0.05) is 6.61 Å². The van der Waals surface area contributed by atoms with Crippen LogP contribution >= 0.6 is 0 Å². The SMILES string of the molecule is [CH2]CC[SiH2]OCC. The van der Waals surface area contributed by atoms with Gasteiger partial charge in [0.05, 0.1) is 0 Å². The van der Waals surface area contributed by atoms with Gasteiger partial charge in [0.25, 0.3) is 0 Å². The Bertz CT molecular complexity index is 27.3. The fourth-order valence-corrected chi connectivity index (χ4v) is 1.05. The molecular weight excluding hydrogens is 104 g/mol. The lowest BCUT2D eigenvalue weighted by molar-refractivity contribution is 0.360. The zero-order valence-corrected chi connectivity index (χ0v) is 6.36. The van der Waals surface area contributed by atoms with Gasteiger partial charge in [-0.2, -0.15) is 0 Å². The van der Waals surface area contributed by atoms with Gasteiger partial charge in [-0.25, -0.2) is 0 Å². The van der Waals surface area contributed by atoms with E-state index < -0.39 is 0 Å². The van der Waals surface area contributed by atoms with Gasteiger partial charge in [0.2, 0.25) is 0 Å². The highest BCUT2D eigenvalue weighted by atomic mass is 28.2. The maximum Gasteiger partial charge on any atom is 0.161 e. The van der Waals surface area contributed by atoms with Crippen LogP contribution in [0.4, 0.5) is 0 Å². The van der Waals surface area contributed by atoms with Gasteiger partial charge in [-0.1, -0.05) is 13.3 Å². The molecule has 0 aromatic heterocycles. The smallest absolute Gasteiger partial charge is 0.161 e. The average Bonchev–Trinajstić information content (AvgIpc) is 1.69. The fourth-order valence-electron chi connectivity index (χ4n) is 0.348. The molecule has 7 heavy (non-hydrogen) atoms. The van der Waals surface area contributed by atoms with Crippen molar-refractivity contribution in [2.45, 2.75) is 19.4 Å². The molecule has 0 N–H and O–H groups in total. The van der Waals surface area contributed by atoms with E-state index in [1.165, 1.54) is 6.04 Å². The molecule has 0 fully saturated rings. The third-order valence-electron chi connectivity index (χ3n) is 0.743. The van der Waals surface area contributed by atoms with E-state index in [0.29, 0.717) is 0 Å². The molecule has 0 amide bonds. The zero-order valence-electron chi connectivity index (χ0n) is 4.94. The highest BCUT2D eigenvalue weighted by molar-refractivity contribution is 6.26. The fraction of sp³-hybridized carbons (Fsp3) is 0.800. The molecule has 0 aromatic carbocycles. The molecule has 0 heterocycles. The Morgan fingerprint density at radius 1 is 1.71 bits per heavy atom. The first-order chi connectivity index (χ1) is 3.41. The molecule has 0 aromatic rings. The molecule has 2 heteroatoms. The predicted molar refractivity (Wildman–Crippen MR) is 35.0 cm³/mol. The van der Waals surface area contributed by atoms with E-state index in [0.717, 1.165) is 13.0 Å². The maximum absolute atomic E-state index is 5.17. The van der Waals surface area contributed by atoms with Crippen molar-refractivity contribution < 1.29 is 4.43 Å². The van der Waals surface area contributed by atoms with Gasteiger partial charge in [-0.05, 0) is 13.0 Å². The molecule has 43 valence electrons. The number of hydrogen-bond acceptors (Lipinski definition) is 1. The molecule has 0 saturated carbocycles. The van der Waals surface area contributed by atoms with Crippen molar-refractivity contribution in [3.8, 4) is 0 Å². The summed E-state index contributed by atoms with van der Waals surface area (Å²) in [5.41, 5.74) is 0. The Morgan fingerprint density at radius 2 is 2.43 bits per heavy atom. The second-order valence-corrected chi connectivity index (χ2v) is 2.93. The summed E-state index contributed by atoms with van der Waals surface area (Å²) < 4.78 is 5.17. The van der Waals surface area contributed by atoms with E-state index in [4.69, 9.17) is 4.43 Å². The minimum Gasteiger partial charge on any atom is -0.424 e. The lowest BCUT2D eigenvalue weighted by Gasteiger charge is -1.93. The van der Waals surface area contributed by atoms with Crippen molar-refractivity contribution in [3.63, 3.8) is 0 Å². The van der Waals surface area contributed by atoms with Crippen molar-refractivity contribution in [1.29, 1.82) is 0 Å². The van der Waals surface area contributed by atoms with Gasteiger partial charge in [0.1, 0.15) is 0 Å². The summed E-state index contributed by atoms with van der Waals surface area (Å²) in [5, 5.41) is 0. The largest absolute Gasteiger partial charge is 0.424 e. The highest BCUT2D eigenvalue weighted by Crippen LogP contribution is 1.84. The first-order valence-electron chi connectivity index (χ1n) is 2.78. The van der Waals surface area contributed by atoms with Crippen molar-refractivity contribution in [2.24, 2.45) is 0 Å². The van der Waals surface area contributed by atoms with Crippen LogP contribution in [0.25, 0.3) is 0 Å². The van der Waals surface area contributed by atoms with Gasteiger partial charge in [-0.15, -0.1) is 0 Å². The van der Waals surface area contributed by atoms with Crippen LogP contribution in [-0.2, 0) is 4.43 Å². The quantitative estimate of drug-likeness (QED) is 0.390. The van der Waals surface area contributed by atoms with E-state index in [9.17, 15) is 0 Å². The lowest BCUT2D eigenvalue weighted by Crippen LogP contribution is -1.95. The van der Waals surface area contributed by atoms with Crippen molar-refractivity contribution in [1.82, 2.24) is 0 Å². The van der Waals surface area contributed by atoms with E-state index in [-0.39, 0.29) is 9.76 Å². The van der Waals surface area contributed by atoms with Crippen LogP contribution in [0.15, 0.2) is 0 Å². The van der Waals surface area contributed by atoms with Crippen LogP contribution in [0.1, 0.15) is 13.3 Å². The zero-order chi connectivity index (χ0) is 5.54. The predicted octanol–water partition coefficient (Wildman–Crippen LogP) is 0.749. The molecule has 1 radical (unpaired) electrons. The normalized spacial score (nSPS) is 11.1. The van der Waals surface area contributed by atoms with Gasteiger partial charge >= 0.3 is 0 Å². The average molecular weight is 117 g/mol. The Labute approximate surface area is 48.0 Å². The van der Waals surface area contributed by atoms with Crippen LogP contribution in [0.3, 0.4) is 0 Å². The van der Waals surface area contributed by atoms with Crippen molar-refractivity contribution in [3.05, 3.63) is 6.92 Å². The highest BCUT2D eigenvalue weighted by Gasteiger charge is 1.80. The Morgan fingerprint density at radius 3 is 2.86 bits per heavy atom. The first kappa shape index (κ1) is 7.18. The summed E-state index contributed by atoms with van der Waals surface area (Å²) in [6.45, 7) is 6.65. The second kappa shape index (κ2) is 6.18. The lowest BCUT2D eigenvalue weighted by atomic mass is 10.6. The first-order valence-corrected chi connectivity index (χ1v) is 4.36. The van der Waals surface area contributed by atoms with Gasteiger partial charge in [0.15, 0.2) is 9.76 Å². The summed E-state index contributed by atoms with van der Waals surface area (Å²) in [7, 11) is -0.151. The summed E-state index contributed by atoms with van der Waals surface area (Å²) in [5.74, 6) is 0. The molecule has 0 spiro atoms. The van der Waals surface area contributed by atoms with Crippen molar-refractivity contribution in [2.75, 3.05) is 6.61 Å². The topological polar surface area (TPSA) is 9.23 Å². The van der Waals surface area contributed by atoms with E-state index in [1.54, 1.807) is 0 Å². The van der Waals surface area contributed by atoms with Crippen LogP contribution < -0.4 is 0 Å². The summed E-state index contributed by atoms with van der Waals surface area (Å²) in [4.78, 5) is 0. The third kappa shape index (κ3) is 6.18. The Kier molecular flexibility index (Phi) is 6.33. The molecule has 0 saturated heterocycles.